The van der Waals surface area contributed by atoms with Gasteiger partial charge in [-0.05, 0) is 0 Å². The van der Waals surface area contributed by atoms with E-state index in [1.807, 2.05) is 7.05 Å². The van der Waals surface area contributed by atoms with Crippen LogP contribution in [0.3, 0.4) is 0 Å². The normalized spacial score (nSPS) is 10.4. The summed E-state index contributed by atoms with van der Waals surface area (Å²) in [5.41, 5.74) is 6.43. The molecular weight excluding hydrogens is 174 g/mol. The van der Waals surface area contributed by atoms with Gasteiger partial charge in [-0.15, -0.1) is 5.10 Å². The van der Waals surface area contributed by atoms with Crippen LogP contribution in [0.4, 0.5) is 5.13 Å². The maximum atomic E-state index is 5.49. The highest BCUT2D eigenvalue weighted by Crippen LogP contribution is 2.25. The van der Waals surface area contributed by atoms with E-state index in [-0.39, 0.29) is 0 Å². The Labute approximate surface area is 72.8 Å². The zero-order valence-electron chi connectivity index (χ0n) is 6.43. The predicted molar refractivity (Wildman–Crippen MR) is 46.5 cm³/mol. The van der Waals surface area contributed by atoms with Crippen molar-refractivity contribution in [2.75, 3.05) is 5.73 Å². The highest BCUT2D eigenvalue weighted by atomic mass is 32.1. The molecule has 12 heavy (non-hydrogen) atoms. The van der Waals surface area contributed by atoms with E-state index in [0.717, 1.165) is 10.6 Å². The number of aryl methyl sites for hydroxylation is 1. The number of anilines is 1. The number of nitrogens with zero attached hydrogens (tertiary/aromatic N) is 4. The summed E-state index contributed by atoms with van der Waals surface area (Å²) in [5.74, 6) is 0. The van der Waals surface area contributed by atoms with Gasteiger partial charge in [0.25, 0.3) is 0 Å². The number of nitrogen functional groups attached to an aromatic ring is 1. The third-order valence-corrected chi connectivity index (χ3v) is 2.34. The van der Waals surface area contributed by atoms with Crippen molar-refractivity contribution in [2.45, 2.75) is 0 Å². The number of hydrogen-bond donors (Lipinski definition) is 1. The lowest BCUT2D eigenvalue weighted by atomic mass is 10.4. The Morgan fingerprint density at radius 2 is 2.33 bits per heavy atom. The molecule has 2 N–H and O–H groups in total. The van der Waals surface area contributed by atoms with E-state index >= 15 is 0 Å². The first-order valence-electron chi connectivity index (χ1n) is 3.34. The lowest BCUT2D eigenvalue weighted by molar-refractivity contribution is 0.721. The van der Waals surface area contributed by atoms with Gasteiger partial charge in [-0.1, -0.05) is 16.6 Å². The summed E-state index contributed by atoms with van der Waals surface area (Å²) < 4.78 is 1.69. The average Bonchev–Trinajstić information content (AvgIpc) is 2.58. The molecular formula is C6H7N5S. The van der Waals surface area contributed by atoms with E-state index in [2.05, 4.69) is 15.3 Å². The first kappa shape index (κ1) is 7.23. The molecule has 6 heteroatoms. The molecule has 0 aliphatic rings. The molecule has 2 rings (SSSR count). The van der Waals surface area contributed by atoms with Gasteiger partial charge in [-0.3, -0.25) is 0 Å². The standard InChI is InChI=1S/C6H7N5S/c1-11-4(2-9-10-11)5-3-8-6(7)12-5/h2-3H,1H3,(H2,7,8). The molecule has 0 aliphatic carbocycles. The second kappa shape index (κ2) is 2.56. The third kappa shape index (κ3) is 1.06. The van der Waals surface area contributed by atoms with Gasteiger partial charge in [0.15, 0.2) is 5.13 Å². The molecule has 0 unspecified atom stereocenters. The van der Waals surface area contributed by atoms with Gasteiger partial charge in [-0.25, -0.2) is 9.67 Å². The molecule has 0 radical (unpaired) electrons. The van der Waals surface area contributed by atoms with Gasteiger partial charge < -0.3 is 5.73 Å². The summed E-state index contributed by atoms with van der Waals surface area (Å²) in [6.07, 6.45) is 3.41. The smallest absolute Gasteiger partial charge is 0.180 e. The predicted octanol–water partition coefficient (Wildman–Crippen LogP) is 0.521. The van der Waals surface area contributed by atoms with Crippen molar-refractivity contribution in [2.24, 2.45) is 7.05 Å². The van der Waals surface area contributed by atoms with Crippen LogP contribution in [0.15, 0.2) is 12.4 Å². The topological polar surface area (TPSA) is 69.6 Å². The summed E-state index contributed by atoms with van der Waals surface area (Å²) in [7, 11) is 1.83. The Kier molecular flexibility index (Phi) is 1.54. The van der Waals surface area contributed by atoms with Crippen molar-refractivity contribution >= 4 is 16.5 Å². The van der Waals surface area contributed by atoms with E-state index in [4.69, 9.17) is 5.73 Å². The van der Waals surface area contributed by atoms with Gasteiger partial charge in [-0.2, -0.15) is 0 Å². The summed E-state index contributed by atoms with van der Waals surface area (Å²) >= 11 is 1.43. The van der Waals surface area contributed by atoms with Crippen LogP contribution in [-0.4, -0.2) is 20.0 Å². The van der Waals surface area contributed by atoms with Crippen LogP contribution in [-0.2, 0) is 7.05 Å². The lowest BCUT2D eigenvalue weighted by Gasteiger charge is -1.92. The van der Waals surface area contributed by atoms with Gasteiger partial charge in [0.1, 0.15) is 0 Å². The zero-order valence-corrected chi connectivity index (χ0v) is 7.25. The summed E-state index contributed by atoms with van der Waals surface area (Å²) in [5, 5.41) is 8.13. The van der Waals surface area contributed by atoms with Crippen LogP contribution < -0.4 is 5.73 Å². The first-order valence-corrected chi connectivity index (χ1v) is 4.15. The minimum atomic E-state index is 0.561. The number of hydrogen-bond acceptors (Lipinski definition) is 5. The maximum absolute atomic E-state index is 5.49. The molecule has 0 fully saturated rings. The van der Waals surface area contributed by atoms with E-state index in [1.165, 1.54) is 11.3 Å². The van der Waals surface area contributed by atoms with Crippen LogP contribution in [0.5, 0.6) is 0 Å². The highest BCUT2D eigenvalue weighted by Gasteiger charge is 2.06. The lowest BCUT2D eigenvalue weighted by Crippen LogP contribution is -1.91. The fraction of sp³-hybridized carbons (Fsp3) is 0.167. The number of thiazole rings is 1. The van der Waals surface area contributed by atoms with Crippen LogP contribution in [0.2, 0.25) is 0 Å². The maximum Gasteiger partial charge on any atom is 0.180 e. The minimum Gasteiger partial charge on any atom is -0.375 e. The Bertz CT molecular complexity index is 390. The van der Waals surface area contributed by atoms with Crippen LogP contribution >= 0.6 is 11.3 Å². The van der Waals surface area contributed by atoms with Gasteiger partial charge in [0.2, 0.25) is 0 Å². The average molecular weight is 181 g/mol. The van der Waals surface area contributed by atoms with E-state index in [0.29, 0.717) is 5.13 Å². The van der Waals surface area contributed by atoms with Crippen LogP contribution in [0.25, 0.3) is 10.6 Å². The van der Waals surface area contributed by atoms with Crippen molar-refractivity contribution < 1.29 is 0 Å². The van der Waals surface area contributed by atoms with Crippen molar-refractivity contribution in [1.29, 1.82) is 0 Å². The SMILES string of the molecule is Cn1nncc1-c1cnc(N)s1. The van der Waals surface area contributed by atoms with Gasteiger partial charge in [0, 0.05) is 13.2 Å². The highest BCUT2D eigenvalue weighted by molar-refractivity contribution is 7.18. The monoisotopic (exact) mass is 181 g/mol. The molecule has 0 atom stereocenters. The van der Waals surface area contributed by atoms with Crippen LogP contribution in [0.1, 0.15) is 0 Å². The summed E-state index contributed by atoms with van der Waals surface area (Å²) in [4.78, 5) is 4.93. The van der Waals surface area contributed by atoms with Crippen molar-refractivity contribution in [1.82, 2.24) is 20.0 Å². The third-order valence-electron chi connectivity index (χ3n) is 1.49. The Hall–Kier alpha value is -1.43. The fourth-order valence-corrected chi connectivity index (χ4v) is 1.64. The van der Waals surface area contributed by atoms with Gasteiger partial charge >= 0.3 is 0 Å². The second-order valence-corrected chi connectivity index (χ2v) is 3.37. The Morgan fingerprint density at radius 1 is 1.50 bits per heavy atom. The first-order chi connectivity index (χ1) is 5.77. The molecule has 62 valence electrons. The molecule has 0 aliphatic heterocycles. The van der Waals surface area contributed by atoms with Crippen LogP contribution in [0, 0.1) is 0 Å². The molecule has 2 aromatic heterocycles. The molecule has 2 aromatic rings. The number of aromatic nitrogens is 4. The number of rotatable bonds is 1. The molecule has 0 amide bonds. The largest absolute Gasteiger partial charge is 0.375 e. The van der Waals surface area contributed by atoms with Gasteiger partial charge in [0.05, 0.1) is 16.8 Å². The summed E-state index contributed by atoms with van der Waals surface area (Å²) in [6, 6.07) is 0. The van der Waals surface area contributed by atoms with E-state index in [1.54, 1.807) is 17.1 Å². The molecule has 0 bridgehead atoms. The molecule has 5 nitrogen and oxygen atoms in total. The van der Waals surface area contributed by atoms with E-state index in [9.17, 15) is 0 Å². The quantitative estimate of drug-likeness (QED) is 0.696. The van der Waals surface area contributed by atoms with E-state index < -0.39 is 0 Å². The minimum absolute atomic E-state index is 0.561. The molecule has 2 heterocycles. The summed E-state index contributed by atoms with van der Waals surface area (Å²) in [6.45, 7) is 0. The molecule has 0 saturated heterocycles. The Morgan fingerprint density at radius 3 is 2.83 bits per heavy atom. The second-order valence-electron chi connectivity index (χ2n) is 2.31. The zero-order chi connectivity index (χ0) is 8.55. The number of nitrogens with two attached hydrogens (primary N) is 1. The fourth-order valence-electron chi connectivity index (χ4n) is 0.919. The Balaban J connectivity index is 2.50. The molecule has 0 aromatic carbocycles. The molecule has 0 spiro atoms. The van der Waals surface area contributed by atoms with Crippen molar-refractivity contribution in [3.63, 3.8) is 0 Å². The molecule has 0 saturated carbocycles. The van der Waals surface area contributed by atoms with Crippen molar-refractivity contribution in [3.8, 4) is 10.6 Å². The van der Waals surface area contributed by atoms with Crippen molar-refractivity contribution in [3.05, 3.63) is 12.4 Å².